The molecule has 0 atom stereocenters. The van der Waals surface area contributed by atoms with E-state index in [1.54, 1.807) is 47.8 Å². The summed E-state index contributed by atoms with van der Waals surface area (Å²) >= 11 is 2.84. The van der Waals surface area contributed by atoms with Crippen molar-refractivity contribution in [2.24, 2.45) is 0 Å². The molecule has 144 valence electrons. The van der Waals surface area contributed by atoms with Crippen LogP contribution in [-0.2, 0) is 0 Å². The molecule has 0 bridgehead atoms. The van der Waals surface area contributed by atoms with Crippen LogP contribution in [0.3, 0.4) is 0 Å². The molecular formula is C22H17N3O2S2. The van der Waals surface area contributed by atoms with E-state index in [2.05, 4.69) is 10.3 Å². The van der Waals surface area contributed by atoms with Crippen molar-refractivity contribution in [1.29, 1.82) is 0 Å². The molecule has 29 heavy (non-hydrogen) atoms. The van der Waals surface area contributed by atoms with Crippen LogP contribution in [0.5, 0.6) is 0 Å². The molecule has 1 aromatic carbocycles. The Balaban J connectivity index is 1.48. The van der Waals surface area contributed by atoms with Crippen molar-refractivity contribution in [1.82, 2.24) is 4.98 Å². The molecule has 0 radical (unpaired) electrons. The number of pyridine rings is 1. The molecular weight excluding hydrogens is 402 g/mol. The lowest BCUT2D eigenvalue weighted by Gasteiger charge is -2.05. The van der Waals surface area contributed by atoms with Crippen LogP contribution in [0, 0.1) is 6.92 Å². The summed E-state index contributed by atoms with van der Waals surface area (Å²) in [6.07, 6.45) is 3.34. The van der Waals surface area contributed by atoms with E-state index in [0.29, 0.717) is 21.8 Å². The van der Waals surface area contributed by atoms with Crippen LogP contribution in [0.1, 0.15) is 30.6 Å². The standard InChI is InChI=1S/C22H17N3O2S2/c1-13-4-10-17-19(23)20(29-22(17)24-13)21(27)25-15-7-5-14(6-8-15)18(26)11-9-16-3-2-12-28-16/h2-12H,23H2,1H3,(H,25,27). The van der Waals surface area contributed by atoms with Crippen LogP contribution < -0.4 is 11.1 Å². The number of amides is 1. The number of thiophene rings is 2. The Labute approximate surface area is 175 Å². The van der Waals surface area contributed by atoms with E-state index >= 15 is 0 Å². The fourth-order valence-corrected chi connectivity index (χ4v) is 4.46. The number of carbonyl (C=O) groups excluding carboxylic acids is 2. The second-order valence-corrected chi connectivity index (χ2v) is 8.37. The highest BCUT2D eigenvalue weighted by Gasteiger charge is 2.17. The highest BCUT2D eigenvalue weighted by Crippen LogP contribution is 2.33. The third kappa shape index (κ3) is 4.11. The molecule has 3 heterocycles. The van der Waals surface area contributed by atoms with Gasteiger partial charge in [-0.25, -0.2) is 4.98 Å². The second kappa shape index (κ2) is 7.98. The molecule has 0 saturated carbocycles. The number of aryl methyl sites for hydroxylation is 1. The maximum atomic E-state index is 12.7. The Bertz CT molecular complexity index is 1220. The molecule has 0 aliphatic carbocycles. The van der Waals surface area contributed by atoms with Gasteiger partial charge >= 0.3 is 0 Å². The Hall–Kier alpha value is -3.29. The van der Waals surface area contributed by atoms with Crippen molar-refractivity contribution in [3.8, 4) is 0 Å². The maximum Gasteiger partial charge on any atom is 0.267 e. The van der Waals surface area contributed by atoms with E-state index in [1.807, 2.05) is 36.6 Å². The minimum atomic E-state index is -0.292. The number of rotatable bonds is 5. The van der Waals surface area contributed by atoms with Gasteiger partial charge in [-0.1, -0.05) is 6.07 Å². The largest absolute Gasteiger partial charge is 0.397 e. The highest BCUT2D eigenvalue weighted by atomic mass is 32.1. The number of hydrogen-bond acceptors (Lipinski definition) is 6. The molecule has 0 aliphatic heterocycles. The van der Waals surface area contributed by atoms with Gasteiger partial charge in [0.1, 0.15) is 9.71 Å². The number of nitrogens with zero attached hydrogens (tertiary/aromatic N) is 1. The van der Waals surface area contributed by atoms with Crippen LogP contribution in [-0.4, -0.2) is 16.7 Å². The van der Waals surface area contributed by atoms with Crippen LogP contribution in [0.15, 0.2) is 60.0 Å². The van der Waals surface area contributed by atoms with Gasteiger partial charge in [-0.2, -0.15) is 0 Å². The number of anilines is 2. The van der Waals surface area contributed by atoms with Gasteiger partial charge < -0.3 is 11.1 Å². The average Bonchev–Trinajstić information content (AvgIpc) is 3.34. The summed E-state index contributed by atoms with van der Waals surface area (Å²) in [5.74, 6) is -0.383. The number of nitrogens with one attached hydrogen (secondary N) is 1. The molecule has 0 aliphatic rings. The van der Waals surface area contributed by atoms with Gasteiger partial charge in [-0.15, -0.1) is 22.7 Å². The summed E-state index contributed by atoms with van der Waals surface area (Å²) in [6.45, 7) is 1.90. The third-order valence-corrected chi connectivity index (χ3v) is 6.26. The number of nitrogen functional groups attached to an aromatic ring is 1. The molecule has 0 unspecified atom stereocenters. The van der Waals surface area contributed by atoms with Crippen molar-refractivity contribution >= 4 is 62.0 Å². The van der Waals surface area contributed by atoms with E-state index in [0.717, 1.165) is 20.8 Å². The van der Waals surface area contributed by atoms with Crippen molar-refractivity contribution in [2.45, 2.75) is 6.92 Å². The number of allylic oxidation sites excluding steroid dienone is 1. The number of nitrogens with two attached hydrogens (primary N) is 1. The topological polar surface area (TPSA) is 85.1 Å². The van der Waals surface area contributed by atoms with E-state index in [1.165, 1.54) is 11.3 Å². The lowest BCUT2D eigenvalue weighted by Crippen LogP contribution is -2.12. The molecule has 3 N–H and O–H groups in total. The number of aromatic nitrogens is 1. The van der Waals surface area contributed by atoms with Gasteiger partial charge in [0.2, 0.25) is 0 Å². The monoisotopic (exact) mass is 419 g/mol. The van der Waals surface area contributed by atoms with E-state index < -0.39 is 0 Å². The van der Waals surface area contributed by atoms with Gasteiger partial charge in [-0.3, -0.25) is 9.59 Å². The number of ketones is 1. The zero-order valence-electron chi connectivity index (χ0n) is 15.5. The van der Waals surface area contributed by atoms with Crippen LogP contribution >= 0.6 is 22.7 Å². The second-order valence-electron chi connectivity index (χ2n) is 6.39. The predicted octanol–water partition coefficient (Wildman–Crippen LogP) is 5.40. The van der Waals surface area contributed by atoms with Gasteiger partial charge in [0, 0.05) is 27.2 Å². The zero-order valence-corrected chi connectivity index (χ0v) is 17.1. The minimum Gasteiger partial charge on any atom is -0.397 e. The van der Waals surface area contributed by atoms with E-state index in [-0.39, 0.29) is 11.7 Å². The molecule has 5 nitrogen and oxygen atoms in total. The molecule has 0 fully saturated rings. The summed E-state index contributed by atoms with van der Waals surface area (Å²) in [5.41, 5.74) is 8.59. The van der Waals surface area contributed by atoms with Gasteiger partial charge in [-0.05, 0) is 66.9 Å². The summed E-state index contributed by atoms with van der Waals surface area (Å²) in [7, 11) is 0. The van der Waals surface area contributed by atoms with Crippen LogP contribution in [0.25, 0.3) is 16.3 Å². The normalized spacial score (nSPS) is 11.2. The first-order valence-corrected chi connectivity index (χ1v) is 10.5. The molecule has 0 spiro atoms. The Kier molecular flexibility index (Phi) is 5.24. The zero-order chi connectivity index (χ0) is 20.4. The van der Waals surface area contributed by atoms with E-state index in [4.69, 9.17) is 5.73 Å². The molecule has 3 aromatic heterocycles. The van der Waals surface area contributed by atoms with Crippen LogP contribution in [0.4, 0.5) is 11.4 Å². The van der Waals surface area contributed by atoms with Crippen molar-refractivity contribution in [3.63, 3.8) is 0 Å². The van der Waals surface area contributed by atoms with Crippen LogP contribution in [0.2, 0.25) is 0 Å². The first-order valence-electron chi connectivity index (χ1n) is 8.84. The highest BCUT2D eigenvalue weighted by molar-refractivity contribution is 7.21. The molecule has 4 rings (SSSR count). The Morgan fingerprint density at radius 3 is 2.62 bits per heavy atom. The summed E-state index contributed by atoms with van der Waals surface area (Å²) in [5, 5.41) is 5.57. The minimum absolute atomic E-state index is 0.0912. The quantitative estimate of drug-likeness (QED) is 0.335. The fourth-order valence-electron chi connectivity index (χ4n) is 2.80. The number of fused-ring (bicyclic) bond motifs is 1. The first-order chi connectivity index (χ1) is 14.0. The summed E-state index contributed by atoms with van der Waals surface area (Å²) in [6, 6.07) is 14.4. The molecule has 1 amide bonds. The molecule has 0 saturated heterocycles. The summed E-state index contributed by atoms with van der Waals surface area (Å²) in [4.78, 5) is 31.6. The predicted molar refractivity (Wildman–Crippen MR) is 121 cm³/mol. The third-order valence-electron chi connectivity index (χ3n) is 4.31. The summed E-state index contributed by atoms with van der Waals surface area (Å²) < 4.78 is 0. The maximum absolute atomic E-state index is 12.7. The fraction of sp³-hybridized carbons (Fsp3) is 0.0455. The van der Waals surface area contributed by atoms with E-state index in [9.17, 15) is 9.59 Å². The lowest BCUT2D eigenvalue weighted by molar-refractivity contribution is 0.102. The Morgan fingerprint density at radius 1 is 1.10 bits per heavy atom. The van der Waals surface area contributed by atoms with Gasteiger partial charge in [0.25, 0.3) is 5.91 Å². The lowest BCUT2D eigenvalue weighted by atomic mass is 10.1. The smallest absolute Gasteiger partial charge is 0.267 e. The van der Waals surface area contributed by atoms with Crippen molar-refractivity contribution < 1.29 is 9.59 Å². The first kappa shape index (κ1) is 19.0. The molecule has 7 heteroatoms. The van der Waals surface area contributed by atoms with Gasteiger partial charge in [0.05, 0.1) is 5.69 Å². The average molecular weight is 420 g/mol. The number of benzene rings is 1. The number of hydrogen-bond donors (Lipinski definition) is 2. The number of carbonyl (C=O) groups is 2. The SMILES string of the molecule is Cc1ccc2c(N)c(C(=O)Nc3ccc(C(=O)C=Cc4cccs4)cc3)sc2n1. The van der Waals surface area contributed by atoms with Gasteiger partial charge in [0.15, 0.2) is 5.78 Å². The van der Waals surface area contributed by atoms with Crippen molar-refractivity contribution in [3.05, 3.63) is 81.0 Å². The Morgan fingerprint density at radius 2 is 1.90 bits per heavy atom. The molecule has 4 aromatic rings. The van der Waals surface area contributed by atoms with Crippen molar-refractivity contribution in [2.75, 3.05) is 11.1 Å².